The zero-order chi connectivity index (χ0) is 14.8. The van der Waals surface area contributed by atoms with Crippen molar-refractivity contribution in [2.75, 3.05) is 20.1 Å². The van der Waals surface area contributed by atoms with Crippen molar-refractivity contribution in [1.82, 2.24) is 4.90 Å². The summed E-state index contributed by atoms with van der Waals surface area (Å²) in [6.45, 7) is 5.52. The Bertz CT molecular complexity index is 463. The molecule has 1 aliphatic rings. The Balaban J connectivity index is 2.01. The van der Waals surface area contributed by atoms with E-state index in [-0.39, 0.29) is 16.7 Å². The van der Waals surface area contributed by atoms with Crippen LogP contribution in [0.15, 0.2) is 30.3 Å². The molecule has 0 unspecified atom stereocenters. The Morgan fingerprint density at radius 3 is 2.40 bits per heavy atom. The summed E-state index contributed by atoms with van der Waals surface area (Å²) in [6, 6.07) is 10.3. The molecule has 1 amide bonds. The molecule has 2 N–H and O–H groups in total. The predicted octanol–water partition coefficient (Wildman–Crippen LogP) is 2.45. The van der Waals surface area contributed by atoms with E-state index in [0.29, 0.717) is 6.54 Å². The Labute approximate surface area is 122 Å². The first kappa shape index (κ1) is 15.0. The lowest BCUT2D eigenvalue weighted by Crippen LogP contribution is -2.43. The molecule has 0 saturated heterocycles. The van der Waals surface area contributed by atoms with Crippen molar-refractivity contribution in [3.8, 4) is 0 Å². The highest BCUT2D eigenvalue weighted by atomic mass is 16.2. The highest BCUT2D eigenvalue weighted by Gasteiger charge is 2.51. The van der Waals surface area contributed by atoms with Gasteiger partial charge in [-0.05, 0) is 36.8 Å². The van der Waals surface area contributed by atoms with E-state index in [1.807, 2.05) is 30.1 Å². The van der Waals surface area contributed by atoms with Gasteiger partial charge in [-0.15, -0.1) is 0 Å². The molecule has 1 aromatic carbocycles. The molecule has 3 heteroatoms. The number of hydrogen-bond acceptors (Lipinski definition) is 2. The van der Waals surface area contributed by atoms with E-state index in [1.165, 1.54) is 5.56 Å². The number of amides is 1. The van der Waals surface area contributed by atoms with E-state index in [0.717, 1.165) is 25.8 Å². The monoisotopic (exact) mass is 274 g/mol. The molecule has 0 atom stereocenters. The lowest BCUT2D eigenvalue weighted by molar-refractivity contribution is -0.136. The number of nitrogens with two attached hydrogens (primary N) is 1. The lowest BCUT2D eigenvalue weighted by Gasteiger charge is -2.31. The standard InChI is InChI=1S/C17H26N2O/c1-16(2,12-18)13-19(3)15(20)17(9-10-17)11-14-7-5-4-6-8-14/h4-8H,9-13,18H2,1-3H3. The van der Waals surface area contributed by atoms with E-state index in [4.69, 9.17) is 5.73 Å². The number of nitrogens with zero attached hydrogens (tertiary/aromatic N) is 1. The van der Waals surface area contributed by atoms with Gasteiger partial charge in [-0.2, -0.15) is 0 Å². The van der Waals surface area contributed by atoms with E-state index in [9.17, 15) is 4.79 Å². The SMILES string of the molecule is CN(CC(C)(C)CN)C(=O)C1(Cc2ccccc2)CC1. The Kier molecular flexibility index (Phi) is 4.19. The quantitative estimate of drug-likeness (QED) is 0.866. The molecule has 110 valence electrons. The largest absolute Gasteiger partial charge is 0.345 e. The van der Waals surface area contributed by atoms with Crippen LogP contribution in [-0.4, -0.2) is 30.9 Å². The summed E-state index contributed by atoms with van der Waals surface area (Å²) >= 11 is 0. The zero-order valence-corrected chi connectivity index (χ0v) is 12.9. The van der Waals surface area contributed by atoms with Gasteiger partial charge in [-0.3, -0.25) is 4.79 Å². The average molecular weight is 274 g/mol. The smallest absolute Gasteiger partial charge is 0.228 e. The van der Waals surface area contributed by atoms with Crippen LogP contribution >= 0.6 is 0 Å². The lowest BCUT2D eigenvalue weighted by atomic mass is 9.91. The molecule has 20 heavy (non-hydrogen) atoms. The fourth-order valence-corrected chi connectivity index (χ4v) is 2.79. The van der Waals surface area contributed by atoms with Gasteiger partial charge in [-0.25, -0.2) is 0 Å². The van der Waals surface area contributed by atoms with Gasteiger partial charge in [0.05, 0.1) is 5.41 Å². The third-order valence-corrected chi connectivity index (χ3v) is 4.26. The van der Waals surface area contributed by atoms with Crippen LogP contribution in [0.4, 0.5) is 0 Å². The number of rotatable bonds is 6. The first-order chi connectivity index (χ1) is 9.38. The van der Waals surface area contributed by atoms with Crippen LogP contribution in [0.2, 0.25) is 0 Å². The summed E-state index contributed by atoms with van der Waals surface area (Å²) in [5, 5.41) is 0. The minimum absolute atomic E-state index is 0.0206. The maximum Gasteiger partial charge on any atom is 0.228 e. The Morgan fingerprint density at radius 2 is 1.90 bits per heavy atom. The third kappa shape index (κ3) is 3.40. The zero-order valence-electron chi connectivity index (χ0n) is 12.9. The van der Waals surface area contributed by atoms with Gasteiger partial charge in [0.25, 0.3) is 0 Å². The number of benzene rings is 1. The van der Waals surface area contributed by atoms with Crippen LogP contribution < -0.4 is 5.73 Å². The first-order valence-electron chi connectivity index (χ1n) is 7.38. The van der Waals surface area contributed by atoms with Crippen molar-refractivity contribution in [1.29, 1.82) is 0 Å². The van der Waals surface area contributed by atoms with Crippen molar-refractivity contribution in [2.45, 2.75) is 33.1 Å². The van der Waals surface area contributed by atoms with Crippen LogP contribution in [-0.2, 0) is 11.2 Å². The molecule has 1 aromatic rings. The second kappa shape index (κ2) is 5.57. The van der Waals surface area contributed by atoms with Crippen LogP contribution in [0.3, 0.4) is 0 Å². The van der Waals surface area contributed by atoms with E-state index >= 15 is 0 Å². The van der Waals surface area contributed by atoms with Crippen LogP contribution in [0.1, 0.15) is 32.3 Å². The van der Waals surface area contributed by atoms with Crippen molar-refractivity contribution in [3.05, 3.63) is 35.9 Å². The van der Waals surface area contributed by atoms with E-state index in [2.05, 4.69) is 26.0 Å². The van der Waals surface area contributed by atoms with E-state index in [1.54, 1.807) is 0 Å². The number of carbonyl (C=O) groups excluding carboxylic acids is 1. The molecular weight excluding hydrogens is 248 g/mol. The van der Waals surface area contributed by atoms with Crippen LogP contribution in [0.25, 0.3) is 0 Å². The molecule has 3 nitrogen and oxygen atoms in total. The summed E-state index contributed by atoms with van der Waals surface area (Å²) in [4.78, 5) is 14.6. The van der Waals surface area contributed by atoms with Gasteiger partial charge in [0.15, 0.2) is 0 Å². The number of carbonyl (C=O) groups is 1. The van der Waals surface area contributed by atoms with Gasteiger partial charge in [0.2, 0.25) is 5.91 Å². The summed E-state index contributed by atoms with van der Waals surface area (Å²) in [6.07, 6.45) is 2.88. The molecule has 0 radical (unpaired) electrons. The molecule has 0 heterocycles. The topological polar surface area (TPSA) is 46.3 Å². The summed E-state index contributed by atoms with van der Waals surface area (Å²) < 4.78 is 0. The molecule has 0 bridgehead atoms. The van der Waals surface area contributed by atoms with Crippen molar-refractivity contribution < 1.29 is 4.79 Å². The molecule has 1 saturated carbocycles. The minimum Gasteiger partial charge on any atom is -0.345 e. The molecule has 2 rings (SSSR count). The van der Waals surface area contributed by atoms with Crippen molar-refractivity contribution in [2.24, 2.45) is 16.6 Å². The van der Waals surface area contributed by atoms with Crippen LogP contribution in [0.5, 0.6) is 0 Å². The molecule has 0 aromatic heterocycles. The molecule has 0 spiro atoms. The van der Waals surface area contributed by atoms with Gasteiger partial charge in [0.1, 0.15) is 0 Å². The first-order valence-corrected chi connectivity index (χ1v) is 7.38. The van der Waals surface area contributed by atoms with E-state index < -0.39 is 0 Å². The second-order valence-corrected chi connectivity index (χ2v) is 6.97. The number of hydrogen-bond donors (Lipinski definition) is 1. The highest BCUT2D eigenvalue weighted by molar-refractivity contribution is 5.85. The predicted molar refractivity (Wildman–Crippen MR) is 82.3 cm³/mol. The average Bonchev–Trinajstić information content (AvgIpc) is 3.19. The van der Waals surface area contributed by atoms with Gasteiger partial charge >= 0.3 is 0 Å². The van der Waals surface area contributed by atoms with Crippen molar-refractivity contribution in [3.63, 3.8) is 0 Å². The molecule has 1 fully saturated rings. The summed E-state index contributed by atoms with van der Waals surface area (Å²) in [5.74, 6) is 0.280. The highest BCUT2D eigenvalue weighted by Crippen LogP contribution is 2.49. The molecule has 1 aliphatic carbocycles. The fraction of sp³-hybridized carbons (Fsp3) is 0.588. The maximum atomic E-state index is 12.7. The fourth-order valence-electron chi connectivity index (χ4n) is 2.79. The maximum absolute atomic E-state index is 12.7. The van der Waals surface area contributed by atoms with Gasteiger partial charge in [0, 0.05) is 13.6 Å². The summed E-state index contributed by atoms with van der Waals surface area (Å²) in [5.41, 5.74) is 6.85. The van der Waals surface area contributed by atoms with Gasteiger partial charge < -0.3 is 10.6 Å². The Hall–Kier alpha value is -1.35. The summed E-state index contributed by atoms with van der Waals surface area (Å²) in [7, 11) is 1.91. The molecule has 0 aliphatic heterocycles. The van der Waals surface area contributed by atoms with Crippen molar-refractivity contribution >= 4 is 5.91 Å². The third-order valence-electron chi connectivity index (χ3n) is 4.26. The second-order valence-electron chi connectivity index (χ2n) is 6.97. The van der Waals surface area contributed by atoms with Crippen LogP contribution in [0, 0.1) is 10.8 Å². The van der Waals surface area contributed by atoms with Gasteiger partial charge in [-0.1, -0.05) is 44.2 Å². The Morgan fingerprint density at radius 1 is 1.30 bits per heavy atom. The normalized spacial score (nSPS) is 16.8. The minimum atomic E-state index is -0.152. The molecular formula is C17H26N2O.